The molecule has 0 aliphatic heterocycles. The minimum absolute atomic E-state index is 0.0540. The van der Waals surface area contributed by atoms with Crippen LogP contribution in [0.4, 0.5) is 37.7 Å². The molecule has 0 aliphatic rings. The lowest BCUT2D eigenvalue weighted by molar-refractivity contribution is -0.386. The first-order valence-corrected chi connectivity index (χ1v) is 5.84. The molecule has 6 nitrogen and oxygen atoms in total. The van der Waals surface area contributed by atoms with Gasteiger partial charge in [-0.1, -0.05) is 6.07 Å². The fraction of sp³-hybridized carbons (Fsp3) is 0.300. The summed E-state index contributed by atoms with van der Waals surface area (Å²) in [5.74, 6) is 0. The summed E-state index contributed by atoms with van der Waals surface area (Å²) >= 11 is 4.38. The number of halogens is 6. The first kappa shape index (κ1) is 18.9. The normalized spacial score (nSPS) is 12.8. The standard InChI is InChI=1S/C10H7F6N3O3S/c11-9(12,13)8(20,10(14,15)16)4-1-2-5(18-7(17)23)6(3-4)19(21)22/h1-3,20H,(H3,17,18,23). The zero-order valence-electron chi connectivity index (χ0n) is 10.7. The Bertz CT molecular complexity index is 632. The lowest BCUT2D eigenvalue weighted by atomic mass is 9.91. The molecule has 128 valence electrons. The second kappa shape index (κ2) is 5.81. The maximum absolute atomic E-state index is 12.7. The van der Waals surface area contributed by atoms with E-state index < -0.39 is 44.9 Å². The zero-order valence-corrected chi connectivity index (χ0v) is 11.5. The highest BCUT2D eigenvalue weighted by Gasteiger charge is 2.71. The monoisotopic (exact) mass is 363 g/mol. The minimum Gasteiger partial charge on any atom is -0.376 e. The topological polar surface area (TPSA) is 101 Å². The van der Waals surface area contributed by atoms with Crippen LogP contribution in [0, 0.1) is 10.1 Å². The van der Waals surface area contributed by atoms with Gasteiger partial charge in [0.05, 0.1) is 4.92 Å². The summed E-state index contributed by atoms with van der Waals surface area (Å²) < 4.78 is 76.4. The van der Waals surface area contributed by atoms with E-state index in [0.717, 1.165) is 0 Å². The number of thiocarbonyl (C=S) groups is 1. The summed E-state index contributed by atoms with van der Waals surface area (Å²) in [4.78, 5) is 9.57. The Labute approximate surface area is 129 Å². The number of nitrogens with one attached hydrogen (secondary N) is 1. The van der Waals surface area contributed by atoms with Crippen LogP contribution in [0.1, 0.15) is 5.56 Å². The third-order valence-corrected chi connectivity index (χ3v) is 2.79. The summed E-state index contributed by atoms with van der Waals surface area (Å²) in [6, 6.07) is 0.700. The molecule has 0 saturated heterocycles. The molecule has 1 aromatic rings. The average Bonchev–Trinajstić information content (AvgIpc) is 2.34. The molecule has 0 bridgehead atoms. The molecular weight excluding hydrogens is 356 g/mol. The van der Waals surface area contributed by atoms with Crippen molar-refractivity contribution < 1.29 is 36.4 Å². The van der Waals surface area contributed by atoms with E-state index >= 15 is 0 Å². The predicted octanol–water partition coefficient (Wildman–Crippen LogP) is 2.56. The Balaban J connectivity index is 3.62. The lowest BCUT2D eigenvalue weighted by Crippen LogP contribution is -2.53. The maximum atomic E-state index is 12.7. The number of alkyl halides is 6. The van der Waals surface area contributed by atoms with Crippen LogP contribution in [0.25, 0.3) is 0 Å². The van der Waals surface area contributed by atoms with Gasteiger partial charge < -0.3 is 16.2 Å². The van der Waals surface area contributed by atoms with Gasteiger partial charge in [0, 0.05) is 11.6 Å². The number of benzene rings is 1. The number of nitrogens with zero attached hydrogens (tertiary/aromatic N) is 1. The predicted molar refractivity (Wildman–Crippen MR) is 69.5 cm³/mol. The molecule has 0 unspecified atom stereocenters. The zero-order chi connectivity index (χ0) is 18.2. The Morgan fingerprint density at radius 3 is 2.04 bits per heavy atom. The minimum atomic E-state index is -6.16. The van der Waals surface area contributed by atoms with E-state index in [2.05, 4.69) is 12.2 Å². The van der Waals surface area contributed by atoms with Crippen molar-refractivity contribution in [3.05, 3.63) is 33.9 Å². The van der Waals surface area contributed by atoms with E-state index in [1.165, 1.54) is 0 Å². The largest absolute Gasteiger partial charge is 0.430 e. The van der Waals surface area contributed by atoms with Gasteiger partial charge in [0.25, 0.3) is 11.3 Å². The molecule has 0 aliphatic carbocycles. The summed E-state index contributed by atoms with van der Waals surface area (Å²) in [7, 11) is 0. The Kier molecular flexibility index (Phi) is 4.77. The van der Waals surface area contributed by atoms with Gasteiger partial charge in [-0.2, -0.15) is 26.3 Å². The molecule has 1 aromatic carbocycles. The number of nitro benzene ring substituents is 1. The van der Waals surface area contributed by atoms with Gasteiger partial charge in [0.2, 0.25) is 0 Å². The highest BCUT2D eigenvalue weighted by molar-refractivity contribution is 7.80. The molecule has 0 heterocycles. The summed E-state index contributed by atoms with van der Waals surface area (Å²) in [5, 5.41) is 21.5. The summed E-state index contributed by atoms with van der Waals surface area (Å²) in [5.41, 5.74) is -3.70. The van der Waals surface area contributed by atoms with Gasteiger partial charge in [-0.3, -0.25) is 10.1 Å². The van der Waals surface area contributed by atoms with Crippen LogP contribution in [-0.2, 0) is 5.60 Å². The van der Waals surface area contributed by atoms with Crippen molar-refractivity contribution in [1.29, 1.82) is 0 Å². The quantitative estimate of drug-likeness (QED) is 0.330. The fourth-order valence-corrected chi connectivity index (χ4v) is 1.74. The Morgan fingerprint density at radius 2 is 1.70 bits per heavy atom. The molecule has 0 atom stereocenters. The molecule has 0 radical (unpaired) electrons. The van der Waals surface area contributed by atoms with E-state index in [9.17, 15) is 41.6 Å². The molecule has 1 rings (SSSR count). The molecule has 0 spiro atoms. The van der Waals surface area contributed by atoms with Gasteiger partial charge in [-0.15, -0.1) is 0 Å². The van der Waals surface area contributed by atoms with Crippen LogP contribution in [0.15, 0.2) is 18.2 Å². The van der Waals surface area contributed by atoms with E-state index in [4.69, 9.17) is 5.73 Å². The van der Waals surface area contributed by atoms with Crippen LogP contribution in [0.3, 0.4) is 0 Å². The number of nitro groups is 1. The van der Waals surface area contributed by atoms with Crippen molar-refractivity contribution in [2.45, 2.75) is 18.0 Å². The van der Waals surface area contributed by atoms with Crippen molar-refractivity contribution in [3.8, 4) is 0 Å². The number of nitrogens with two attached hydrogens (primary N) is 1. The molecule has 0 saturated carbocycles. The van der Waals surface area contributed by atoms with E-state index in [0.29, 0.717) is 6.07 Å². The molecule has 4 N–H and O–H groups in total. The van der Waals surface area contributed by atoms with Gasteiger partial charge in [0.15, 0.2) is 5.11 Å². The SMILES string of the molecule is NC(=S)Nc1ccc(C(O)(C(F)(F)F)C(F)(F)F)cc1[N+](=O)[O-]. The second-order valence-electron chi connectivity index (χ2n) is 4.18. The molecular formula is C10H7F6N3O3S. The highest BCUT2D eigenvalue weighted by Crippen LogP contribution is 2.50. The van der Waals surface area contributed by atoms with Crippen molar-refractivity contribution in [2.75, 3.05) is 5.32 Å². The third-order valence-electron chi connectivity index (χ3n) is 2.69. The van der Waals surface area contributed by atoms with E-state index in [-0.39, 0.29) is 12.1 Å². The van der Waals surface area contributed by atoms with Crippen molar-refractivity contribution in [2.24, 2.45) is 5.73 Å². The van der Waals surface area contributed by atoms with Gasteiger partial charge in [0.1, 0.15) is 5.69 Å². The molecule has 0 aromatic heterocycles. The smallest absolute Gasteiger partial charge is 0.376 e. The number of hydrogen-bond donors (Lipinski definition) is 3. The number of anilines is 1. The summed E-state index contributed by atoms with van der Waals surface area (Å²) in [6.45, 7) is 0. The Morgan fingerprint density at radius 1 is 1.22 bits per heavy atom. The van der Waals surface area contributed by atoms with Crippen LogP contribution >= 0.6 is 12.2 Å². The highest BCUT2D eigenvalue weighted by atomic mass is 32.1. The van der Waals surface area contributed by atoms with Gasteiger partial charge in [-0.25, -0.2) is 0 Å². The van der Waals surface area contributed by atoms with E-state index in [1.54, 1.807) is 0 Å². The van der Waals surface area contributed by atoms with Crippen molar-refractivity contribution >= 4 is 28.7 Å². The summed E-state index contributed by atoms with van der Waals surface area (Å²) in [6.07, 6.45) is -12.3. The lowest BCUT2D eigenvalue weighted by Gasteiger charge is -2.32. The maximum Gasteiger partial charge on any atom is 0.430 e. The van der Waals surface area contributed by atoms with E-state index in [1.807, 2.05) is 5.32 Å². The first-order valence-electron chi connectivity index (χ1n) is 5.43. The first-order chi connectivity index (χ1) is 10.2. The van der Waals surface area contributed by atoms with Crippen LogP contribution in [0.5, 0.6) is 0 Å². The molecule has 23 heavy (non-hydrogen) atoms. The van der Waals surface area contributed by atoms with Crippen molar-refractivity contribution in [1.82, 2.24) is 0 Å². The average molecular weight is 363 g/mol. The molecule has 0 amide bonds. The number of rotatable bonds is 3. The second-order valence-corrected chi connectivity index (χ2v) is 4.62. The van der Waals surface area contributed by atoms with Crippen LogP contribution in [0.2, 0.25) is 0 Å². The van der Waals surface area contributed by atoms with Gasteiger partial charge in [-0.05, 0) is 18.3 Å². The third kappa shape index (κ3) is 3.44. The molecule has 13 heteroatoms. The van der Waals surface area contributed by atoms with Gasteiger partial charge >= 0.3 is 12.4 Å². The van der Waals surface area contributed by atoms with Crippen LogP contribution in [-0.4, -0.2) is 27.5 Å². The van der Waals surface area contributed by atoms with Crippen molar-refractivity contribution in [3.63, 3.8) is 0 Å². The van der Waals surface area contributed by atoms with Crippen LogP contribution < -0.4 is 11.1 Å². The fourth-order valence-electron chi connectivity index (χ4n) is 1.63. The Hall–Kier alpha value is -2.15. The number of aliphatic hydroxyl groups is 1. The number of hydrogen-bond acceptors (Lipinski definition) is 4. The molecule has 0 fully saturated rings.